The van der Waals surface area contributed by atoms with Crippen LogP contribution in [0.2, 0.25) is 11.8 Å². The Balaban J connectivity index is 3.56. The summed E-state index contributed by atoms with van der Waals surface area (Å²) < 4.78 is 7.78. The van der Waals surface area contributed by atoms with E-state index in [1.165, 1.54) is 0 Å². The van der Waals surface area contributed by atoms with Gasteiger partial charge in [-0.3, -0.25) is 0 Å². The summed E-state index contributed by atoms with van der Waals surface area (Å²) in [6.45, 7) is 15.6. The van der Waals surface area contributed by atoms with Crippen molar-refractivity contribution in [2.24, 2.45) is 0 Å². The zero-order chi connectivity index (χ0) is 15.0. The third-order valence-electron chi connectivity index (χ3n) is 4.45. The summed E-state index contributed by atoms with van der Waals surface area (Å²) in [7, 11) is 0. The molecule has 19 heavy (non-hydrogen) atoms. The molecule has 0 amide bonds. The Bertz CT molecular complexity index is 486. The van der Waals surface area contributed by atoms with Crippen molar-refractivity contribution in [2.45, 2.75) is 60.3 Å². The van der Waals surface area contributed by atoms with Gasteiger partial charge in [0.25, 0.3) is 0 Å². The average Bonchev–Trinajstić information content (AvgIpc) is 2.31. The molecular formula is C15H26O3Sn. The van der Waals surface area contributed by atoms with Crippen LogP contribution >= 0.6 is 0 Å². The van der Waals surface area contributed by atoms with Gasteiger partial charge in [-0.1, -0.05) is 0 Å². The van der Waals surface area contributed by atoms with Gasteiger partial charge < -0.3 is 0 Å². The first kappa shape index (κ1) is 16.7. The monoisotopic (exact) mass is 374 g/mol. The molecule has 0 N–H and O–H groups in total. The van der Waals surface area contributed by atoms with Crippen molar-refractivity contribution in [1.82, 2.24) is 0 Å². The van der Waals surface area contributed by atoms with Gasteiger partial charge in [0.15, 0.2) is 0 Å². The Morgan fingerprint density at radius 1 is 0.895 bits per heavy atom. The quantitative estimate of drug-likeness (QED) is 0.569. The van der Waals surface area contributed by atoms with Gasteiger partial charge in [-0.25, -0.2) is 0 Å². The van der Waals surface area contributed by atoms with Crippen molar-refractivity contribution in [3.63, 3.8) is 0 Å². The van der Waals surface area contributed by atoms with Crippen molar-refractivity contribution in [3.8, 4) is 5.75 Å². The summed E-state index contributed by atoms with van der Waals surface area (Å²) in [4.78, 5) is 23.9. The second-order valence-electron chi connectivity index (χ2n) is 6.19. The molecule has 0 saturated heterocycles. The van der Waals surface area contributed by atoms with E-state index in [-0.39, 0.29) is 5.43 Å². The van der Waals surface area contributed by atoms with E-state index in [1.54, 1.807) is 0 Å². The molecule has 0 aliphatic heterocycles. The summed E-state index contributed by atoms with van der Waals surface area (Å²) in [6.07, 6.45) is 0. The summed E-state index contributed by atoms with van der Waals surface area (Å²) in [5.41, 5.74) is -0.657. The summed E-state index contributed by atoms with van der Waals surface area (Å²) in [5, 5.41) is 0. The third-order valence-corrected chi connectivity index (χ3v) is 24.6. The van der Waals surface area contributed by atoms with Crippen LogP contribution in [0.5, 0.6) is 5.75 Å². The van der Waals surface area contributed by atoms with Crippen molar-refractivity contribution < 1.29 is 4.74 Å². The maximum atomic E-state index is 12.2. The van der Waals surface area contributed by atoms with E-state index in [9.17, 15) is 9.59 Å². The van der Waals surface area contributed by atoms with Gasteiger partial charge in [-0.2, -0.15) is 0 Å². The molecule has 0 heterocycles. The first-order chi connectivity index (χ1) is 8.72. The molecular weight excluding hydrogens is 347 g/mol. The maximum absolute atomic E-state index is 12.2. The minimum absolute atomic E-state index is 0.254. The SMILES string of the molecule is CCOc1[c]([Sn]([CH](C)C)([CH](C)C)[CH](C)C)c(=O)c1=O. The first-order valence-corrected chi connectivity index (χ1v) is 13.6. The molecule has 1 aromatic rings. The standard InChI is InChI=1S/C6H5O3.3C3H7.Sn/c1-2-9-5-3-4(7)6(5)8;3*1-3-2;/h2H2,1H3;3*3H,1-2H3;. The van der Waals surface area contributed by atoms with E-state index in [0.29, 0.717) is 24.2 Å². The fourth-order valence-electron chi connectivity index (χ4n) is 3.91. The molecule has 4 heteroatoms. The fraction of sp³-hybridized carbons (Fsp3) is 0.733. The molecule has 0 atom stereocenters. The van der Waals surface area contributed by atoms with E-state index in [1.807, 2.05) is 6.92 Å². The van der Waals surface area contributed by atoms with Crippen LogP contribution in [0.25, 0.3) is 0 Å². The van der Waals surface area contributed by atoms with Crippen LogP contribution in [-0.4, -0.2) is 25.0 Å². The molecule has 0 aromatic heterocycles. The Labute approximate surface area is 119 Å². The van der Waals surface area contributed by atoms with Gasteiger partial charge in [-0.05, 0) is 0 Å². The van der Waals surface area contributed by atoms with Gasteiger partial charge in [0.2, 0.25) is 0 Å². The topological polar surface area (TPSA) is 43.4 Å². The second kappa shape index (κ2) is 5.98. The van der Waals surface area contributed by atoms with E-state index >= 15 is 0 Å². The number of hydrogen-bond donors (Lipinski definition) is 0. The van der Waals surface area contributed by atoms with Gasteiger partial charge in [0.1, 0.15) is 0 Å². The number of ether oxygens (including phenoxy) is 1. The van der Waals surface area contributed by atoms with Crippen molar-refractivity contribution in [1.29, 1.82) is 0 Å². The third kappa shape index (κ3) is 2.39. The van der Waals surface area contributed by atoms with E-state index in [2.05, 4.69) is 41.5 Å². The van der Waals surface area contributed by atoms with Crippen molar-refractivity contribution in [3.05, 3.63) is 20.4 Å². The summed E-state index contributed by atoms with van der Waals surface area (Å²) >= 11 is -2.97. The summed E-state index contributed by atoms with van der Waals surface area (Å²) in [6, 6.07) is 0. The van der Waals surface area contributed by atoms with Crippen LogP contribution in [0, 0.1) is 0 Å². The van der Waals surface area contributed by atoms with Crippen molar-refractivity contribution >= 4 is 22.0 Å². The molecule has 0 aliphatic carbocycles. The van der Waals surface area contributed by atoms with Crippen LogP contribution in [0.4, 0.5) is 0 Å². The molecule has 0 unspecified atom stereocenters. The zero-order valence-corrected chi connectivity index (χ0v) is 16.0. The molecule has 0 aliphatic rings. The van der Waals surface area contributed by atoms with Crippen LogP contribution in [0.1, 0.15) is 48.5 Å². The van der Waals surface area contributed by atoms with Crippen LogP contribution in [-0.2, 0) is 0 Å². The Kier molecular flexibility index (Phi) is 5.27. The molecule has 3 nitrogen and oxygen atoms in total. The number of hydrogen-bond acceptors (Lipinski definition) is 3. The normalized spacial score (nSPS) is 12.9. The van der Waals surface area contributed by atoms with Crippen LogP contribution < -0.4 is 19.2 Å². The molecule has 0 radical (unpaired) electrons. The minimum atomic E-state index is -2.97. The van der Waals surface area contributed by atoms with Gasteiger partial charge in [0.05, 0.1) is 0 Å². The van der Waals surface area contributed by atoms with E-state index < -0.39 is 23.8 Å². The van der Waals surface area contributed by atoms with E-state index in [4.69, 9.17) is 4.74 Å². The molecule has 108 valence electrons. The molecule has 0 fully saturated rings. The molecule has 1 aromatic carbocycles. The van der Waals surface area contributed by atoms with Crippen LogP contribution in [0.15, 0.2) is 9.59 Å². The number of rotatable bonds is 6. The molecule has 0 spiro atoms. The Hall–Kier alpha value is -0.321. The Morgan fingerprint density at radius 3 is 1.63 bits per heavy atom. The Morgan fingerprint density at radius 2 is 1.32 bits per heavy atom. The van der Waals surface area contributed by atoms with Crippen LogP contribution in [0.3, 0.4) is 0 Å². The van der Waals surface area contributed by atoms with Gasteiger partial charge in [0, 0.05) is 0 Å². The summed E-state index contributed by atoms with van der Waals surface area (Å²) in [5.74, 6) is 0.402. The van der Waals surface area contributed by atoms with Gasteiger partial charge >= 0.3 is 120 Å². The van der Waals surface area contributed by atoms with Crippen molar-refractivity contribution in [2.75, 3.05) is 6.61 Å². The molecule has 0 bridgehead atoms. The van der Waals surface area contributed by atoms with E-state index in [0.717, 1.165) is 3.58 Å². The molecule has 1 rings (SSSR count). The predicted octanol–water partition coefficient (Wildman–Crippen LogP) is 2.57. The molecule has 0 saturated carbocycles. The second-order valence-corrected chi connectivity index (χ2v) is 22.8. The zero-order valence-electron chi connectivity index (χ0n) is 13.2. The average molecular weight is 373 g/mol. The predicted molar refractivity (Wildman–Crippen MR) is 83.2 cm³/mol. The first-order valence-electron chi connectivity index (χ1n) is 7.19. The fourth-order valence-corrected chi connectivity index (χ4v) is 23.4. The van der Waals surface area contributed by atoms with Gasteiger partial charge in [-0.15, -0.1) is 0 Å².